The van der Waals surface area contributed by atoms with Gasteiger partial charge in [-0.1, -0.05) is 29.8 Å². The number of aromatic carboxylic acids is 1. The monoisotopic (exact) mass is 475 g/mol. The molecule has 0 saturated carbocycles. The molecule has 3 aromatic carbocycles. The Morgan fingerprint density at radius 3 is 2.29 bits per heavy atom. The first-order chi connectivity index (χ1) is 16.3. The minimum Gasteiger partial charge on any atom is -0.493 e. The van der Waals surface area contributed by atoms with Gasteiger partial charge in [-0.25, -0.2) is 4.79 Å². The second-order valence-electron chi connectivity index (χ2n) is 7.70. The topological polar surface area (TPSA) is 76.1 Å². The molecule has 0 fully saturated rings. The number of carboxylic acid groups (broad SMARTS) is 1. The van der Waals surface area contributed by atoms with Crippen LogP contribution < -0.4 is 14.4 Å². The fourth-order valence-corrected chi connectivity index (χ4v) is 3.98. The first-order valence-electron chi connectivity index (χ1n) is 10.4. The van der Waals surface area contributed by atoms with E-state index in [1.807, 2.05) is 24.3 Å². The van der Waals surface area contributed by atoms with E-state index in [-0.39, 0.29) is 11.5 Å². The molecular formula is C27H22ClNO5. The maximum Gasteiger partial charge on any atom is 0.335 e. The Kier molecular flexibility index (Phi) is 6.43. The average Bonchev–Trinajstić information content (AvgIpc) is 3.14. The number of rotatable bonds is 6. The molecule has 0 spiro atoms. The average molecular weight is 476 g/mol. The third-order valence-corrected chi connectivity index (χ3v) is 5.79. The number of carbonyl (C=O) groups is 2. The smallest absolute Gasteiger partial charge is 0.335 e. The van der Waals surface area contributed by atoms with Gasteiger partial charge in [0, 0.05) is 10.6 Å². The Labute approximate surface area is 202 Å². The lowest BCUT2D eigenvalue weighted by atomic mass is 10.1. The molecule has 172 valence electrons. The lowest BCUT2D eigenvalue weighted by molar-refractivity contribution is -0.113. The zero-order valence-electron chi connectivity index (χ0n) is 18.8. The van der Waals surface area contributed by atoms with E-state index < -0.39 is 5.97 Å². The Morgan fingerprint density at radius 1 is 0.971 bits per heavy atom. The number of aryl methyl sites for hydroxylation is 1. The SMILES string of the molecule is COc1ccc(/C=C2\C=C(c3ccc(Cl)cc3)N(c3ccc(C(=O)O)cc3C)C2=O)cc1OC. The van der Waals surface area contributed by atoms with Crippen molar-refractivity contribution in [2.75, 3.05) is 19.1 Å². The van der Waals surface area contributed by atoms with E-state index in [4.69, 9.17) is 21.1 Å². The molecule has 7 heteroatoms. The minimum absolute atomic E-state index is 0.158. The van der Waals surface area contributed by atoms with E-state index in [1.165, 1.54) is 6.07 Å². The van der Waals surface area contributed by atoms with Crippen molar-refractivity contribution >= 4 is 40.9 Å². The van der Waals surface area contributed by atoms with Crippen molar-refractivity contribution in [3.63, 3.8) is 0 Å². The summed E-state index contributed by atoms with van der Waals surface area (Å²) in [6.07, 6.45) is 3.59. The van der Waals surface area contributed by atoms with Crippen molar-refractivity contribution in [1.82, 2.24) is 0 Å². The molecule has 6 nitrogen and oxygen atoms in total. The number of benzene rings is 3. The fourth-order valence-electron chi connectivity index (χ4n) is 3.85. The van der Waals surface area contributed by atoms with Crippen molar-refractivity contribution in [1.29, 1.82) is 0 Å². The summed E-state index contributed by atoms with van der Waals surface area (Å²) in [5, 5.41) is 9.91. The maximum atomic E-state index is 13.6. The second kappa shape index (κ2) is 9.45. The largest absolute Gasteiger partial charge is 0.493 e. The predicted octanol–water partition coefficient (Wildman–Crippen LogP) is 5.84. The summed E-state index contributed by atoms with van der Waals surface area (Å²) in [5.41, 5.74) is 4.14. The lowest BCUT2D eigenvalue weighted by Crippen LogP contribution is -2.25. The molecule has 1 aliphatic heterocycles. The van der Waals surface area contributed by atoms with Crippen LogP contribution in [0.1, 0.15) is 27.0 Å². The Hall–Kier alpha value is -4.03. The van der Waals surface area contributed by atoms with Crippen molar-refractivity contribution in [2.24, 2.45) is 0 Å². The summed E-state index contributed by atoms with van der Waals surface area (Å²) < 4.78 is 10.7. The van der Waals surface area contributed by atoms with Crippen LogP contribution in [-0.4, -0.2) is 31.2 Å². The first kappa shape index (κ1) is 23.1. The van der Waals surface area contributed by atoms with Crippen LogP contribution in [0, 0.1) is 6.92 Å². The maximum absolute atomic E-state index is 13.6. The molecule has 0 radical (unpaired) electrons. The molecule has 1 N–H and O–H groups in total. The van der Waals surface area contributed by atoms with Crippen LogP contribution in [-0.2, 0) is 4.79 Å². The number of anilines is 1. The molecule has 0 aliphatic carbocycles. The van der Waals surface area contributed by atoms with E-state index in [0.29, 0.717) is 39.0 Å². The number of ether oxygens (including phenoxy) is 2. The predicted molar refractivity (Wildman–Crippen MR) is 133 cm³/mol. The van der Waals surface area contributed by atoms with Gasteiger partial charge in [0.05, 0.1) is 31.2 Å². The third-order valence-electron chi connectivity index (χ3n) is 5.54. The molecule has 0 unspecified atom stereocenters. The van der Waals surface area contributed by atoms with Gasteiger partial charge in [-0.05, 0) is 78.2 Å². The van der Waals surface area contributed by atoms with Crippen LogP contribution in [0.5, 0.6) is 11.5 Å². The highest BCUT2D eigenvalue weighted by molar-refractivity contribution is 6.30. The van der Waals surface area contributed by atoms with E-state index in [2.05, 4.69) is 0 Å². The zero-order valence-corrected chi connectivity index (χ0v) is 19.6. The second-order valence-corrected chi connectivity index (χ2v) is 8.13. The molecule has 0 atom stereocenters. The van der Waals surface area contributed by atoms with Gasteiger partial charge in [-0.2, -0.15) is 0 Å². The van der Waals surface area contributed by atoms with Gasteiger partial charge in [0.25, 0.3) is 5.91 Å². The van der Waals surface area contributed by atoms with E-state index in [0.717, 1.165) is 11.1 Å². The van der Waals surface area contributed by atoms with Crippen molar-refractivity contribution < 1.29 is 24.2 Å². The van der Waals surface area contributed by atoms with Crippen LogP contribution in [0.25, 0.3) is 11.8 Å². The van der Waals surface area contributed by atoms with Gasteiger partial charge in [0.2, 0.25) is 0 Å². The molecule has 4 rings (SSSR count). The lowest BCUT2D eigenvalue weighted by Gasteiger charge is -2.23. The van der Waals surface area contributed by atoms with Crippen molar-refractivity contribution in [3.8, 4) is 11.5 Å². The number of halogens is 1. The van der Waals surface area contributed by atoms with Gasteiger partial charge in [0.15, 0.2) is 11.5 Å². The van der Waals surface area contributed by atoms with Gasteiger partial charge < -0.3 is 14.6 Å². The van der Waals surface area contributed by atoms with Gasteiger partial charge in [-0.15, -0.1) is 0 Å². The standard InChI is InChI=1S/C27H22ClNO5/c1-16-12-19(27(31)32)7-10-22(16)29-23(18-5-8-21(28)9-6-18)15-20(26(29)30)13-17-4-11-24(33-2)25(14-17)34-3/h4-15H,1-3H3,(H,31,32)/b20-13+. The van der Waals surface area contributed by atoms with Gasteiger partial charge in [0.1, 0.15) is 0 Å². The number of methoxy groups -OCH3 is 2. The Balaban J connectivity index is 1.83. The summed E-state index contributed by atoms with van der Waals surface area (Å²) >= 11 is 6.07. The summed E-state index contributed by atoms with van der Waals surface area (Å²) in [5.74, 6) is -0.104. The van der Waals surface area contributed by atoms with Crippen molar-refractivity contribution in [3.05, 3.63) is 99.6 Å². The summed E-state index contributed by atoms with van der Waals surface area (Å²) in [6.45, 7) is 1.78. The van der Waals surface area contributed by atoms with Crippen LogP contribution in [0.3, 0.4) is 0 Å². The van der Waals surface area contributed by atoms with E-state index in [1.54, 1.807) is 68.5 Å². The van der Waals surface area contributed by atoms with Crippen LogP contribution in [0.4, 0.5) is 5.69 Å². The number of carboxylic acids is 1. The molecular weight excluding hydrogens is 454 g/mol. The number of amides is 1. The number of hydrogen-bond acceptors (Lipinski definition) is 4. The molecule has 0 bridgehead atoms. The Morgan fingerprint density at radius 2 is 1.68 bits per heavy atom. The normalized spacial score (nSPS) is 14.4. The number of nitrogens with zero attached hydrogens (tertiary/aromatic N) is 1. The summed E-state index contributed by atoms with van der Waals surface area (Å²) in [6, 6.07) is 17.3. The van der Waals surface area contributed by atoms with Crippen LogP contribution >= 0.6 is 11.6 Å². The highest BCUT2D eigenvalue weighted by atomic mass is 35.5. The van der Waals surface area contributed by atoms with Gasteiger partial charge in [-0.3, -0.25) is 9.69 Å². The van der Waals surface area contributed by atoms with Crippen molar-refractivity contribution in [2.45, 2.75) is 6.92 Å². The number of carbonyl (C=O) groups excluding carboxylic acids is 1. The Bertz CT molecular complexity index is 1340. The van der Waals surface area contributed by atoms with E-state index in [9.17, 15) is 14.7 Å². The zero-order chi connectivity index (χ0) is 24.4. The molecule has 1 heterocycles. The summed E-state index contributed by atoms with van der Waals surface area (Å²) in [7, 11) is 3.12. The minimum atomic E-state index is -1.02. The third kappa shape index (κ3) is 4.40. The fraction of sp³-hybridized carbons (Fsp3) is 0.111. The van der Waals surface area contributed by atoms with Crippen LogP contribution in [0.15, 0.2) is 72.3 Å². The molecule has 0 saturated heterocycles. The summed E-state index contributed by atoms with van der Waals surface area (Å²) in [4.78, 5) is 26.6. The van der Waals surface area contributed by atoms with Crippen LogP contribution in [0.2, 0.25) is 5.02 Å². The molecule has 34 heavy (non-hydrogen) atoms. The van der Waals surface area contributed by atoms with E-state index >= 15 is 0 Å². The molecule has 0 aromatic heterocycles. The molecule has 3 aromatic rings. The highest BCUT2D eigenvalue weighted by Gasteiger charge is 2.31. The molecule has 1 amide bonds. The molecule has 1 aliphatic rings. The number of hydrogen-bond donors (Lipinski definition) is 1. The van der Waals surface area contributed by atoms with Gasteiger partial charge >= 0.3 is 5.97 Å². The quantitative estimate of drug-likeness (QED) is 0.453. The highest BCUT2D eigenvalue weighted by Crippen LogP contribution is 2.38. The first-order valence-corrected chi connectivity index (χ1v) is 10.8.